The summed E-state index contributed by atoms with van der Waals surface area (Å²) in [5.74, 6) is -0.0776. The number of pyridine rings is 1. The minimum Gasteiger partial charge on any atom is -0.351 e. The monoisotopic (exact) mass is 540 g/mol. The van der Waals surface area contributed by atoms with Crippen LogP contribution in [0.2, 0.25) is 0 Å². The van der Waals surface area contributed by atoms with E-state index in [2.05, 4.69) is 15.6 Å². The number of carbonyl (C=O) groups excluding carboxylic acids is 3. The van der Waals surface area contributed by atoms with Gasteiger partial charge in [0.15, 0.2) is 0 Å². The molecule has 1 fully saturated rings. The summed E-state index contributed by atoms with van der Waals surface area (Å²) in [6.07, 6.45) is 7.56. The minimum atomic E-state index is -0.821. The van der Waals surface area contributed by atoms with Crippen molar-refractivity contribution in [3.8, 4) is 0 Å². The Morgan fingerprint density at radius 1 is 0.900 bits per heavy atom. The first-order valence-corrected chi connectivity index (χ1v) is 14.3. The zero-order valence-electron chi connectivity index (χ0n) is 23.8. The fourth-order valence-electron chi connectivity index (χ4n) is 5.27. The van der Waals surface area contributed by atoms with Crippen LogP contribution in [-0.2, 0) is 14.4 Å². The maximum absolute atomic E-state index is 14.0. The zero-order chi connectivity index (χ0) is 28.5. The van der Waals surface area contributed by atoms with E-state index in [1.165, 1.54) is 6.42 Å². The number of nitrogens with one attached hydrogen (secondary N) is 2. The second kappa shape index (κ2) is 13.9. The van der Waals surface area contributed by atoms with Crippen molar-refractivity contribution in [3.63, 3.8) is 0 Å². The number of aryl methyl sites for hydroxylation is 2. The molecule has 1 aliphatic carbocycles. The Kier molecular flexibility index (Phi) is 10.1. The number of amides is 3. The van der Waals surface area contributed by atoms with Gasteiger partial charge in [0, 0.05) is 30.8 Å². The summed E-state index contributed by atoms with van der Waals surface area (Å²) in [5.41, 5.74) is 4.55. The van der Waals surface area contributed by atoms with Crippen LogP contribution < -0.4 is 15.5 Å². The number of anilines is 2. The van der Waals surface area contributed by atoms with Crippen LogP contribution >= 0.6 is 0 Å². The summed E-state index contributed by atoms with van der Waals surface area (Å²) >= 11 is 0. The molecule has 2 N–H and O–H groups in total. The molecule has 3 aromatic rings. The Balaban J connectivity index is 1.61. The van der Waals surface area contributed by atoms with Gasteiger partial charge >= 0.3 is 0 Å². The lowest BCUT2D eigenvalue weighted by Crippen LogP contribution is -2.47. The van der Waals surface area contributed by atoms with Crippen LogP contribution in [0.15, 0.2) is 66.9 Å². The molecule has 210 valence electrons. The van der Waals surface area contributed by atoms with Gasteiger partial charge in [0.25, 0.3) is 0 Å². The van der Waals surface area contributed by atoms with Gasteiger partial charge in [0.2, 0.25) is 17.7 Å². The van der Waals surface area contributed by atoms with Crippen LogP contribution in [0.4, 0.5) is 11.5 Å². The Labute approximate surface area is 237 Å². The Bertz CT molecular complexity index is 1300. The van der Waals surface area contributed by atoms with Gasteiger partial charge < -0.3 is 10.6 Å². The van der Waals surface area contributed by atoms with Crippen LogP contribution in [0.1, 0.15) is 79.7 Å². The quantitative estimate of drug-likeness (QED) is 0.314. The van der Waals surface area contributed by atoms with Crippen molar-refractivity contribution in [2.75, 3.05) is 10.2 Å². The van der Waals surface area contributed by atoms with E-state index in [0.717, 1.165) is 47.9 Å². The van der Waals surface area contributed by atoms with E-state index in [0.29, 0.717) is 17.9 Å². The molecule has 4 rings (SSSR count). The van der Waals surface area contributed by atoms with Gasteiger partial charge in [-0.25, -0.2) is 4.98 Å². The van der Waals surface area contributed by atoms with Crippen molar-refractivity contribution in [2.24, 2.45) is 0 Å². The van der Waals surface area contributed by atoms with Gasteiger partial charge in [0.1, 0.15) is 11.9 Å². The first-order chi connectivity index (χ1) is 19.3. The molecule has 3 amide bonds. The predicted molar refractivity (Wildman–Crippen MR) is 159 cm³/mol. The molecule has 1 atom stereocenters. The molecule has 2 aromatic carbocycles. The molecule has 0 radical (unpaired) electrons. The van der Waals surface area contributed by atoms with Crippen molar-refractivity contribution in [1.82, 2.24) is 10.3 Å². The molecule has 1 aliphatic rings. The molecule has 0 spiro atoms. The van der Waals surface area contributed by atoms with Crippen molar-refractivity contribution in [2.45, 2.75) is 84.2 Å². The first-order valence-electron chi connectivity index (χ1n) is 14.3. The standard InChI is InChI=1S/C33H40N4O3/c1-23-18-20-26(21-19-23)32(33(40)35-27-12-5-4-6-13-27)37(28-14-9-11-24(2)25(28)3)31(39)17-10-16-30(38)36-29-15-7-8-22-34-29/h7-9,11,14-15,18-22,27,32H,4-6,10,12-13,16-17H2,1-3H3,(H,35,40)(H,34,36,38)/t32-/m0/s1. The molecular weight excluding hydrogens is 500 g/mol. The maximum Gasteiger partial charge on any atom is 0.248 e. The van der Waals surface area contributed by atoms with Crippen molar-refractivity contribution in [3.05, 3.63) is 89.1 Å². The lowest BCUT2D eigenvalue weighted by Gasteiger charge is -2.34. The maximum atomic E-state index is 14.0. The average Bonchev–Trinajstić information content (AvgIpc) is 2.95. The van der Waals surface area contributed by atoms with Crippen LogP contribution in [0, 0.1) is 20.8 Å². The number of hydrogen-bond donors (Lipinski definition) is 2. The Morgan fingerprint density at radius 2 is 1.65 bits per heavy atom. The van der Waals surface area contributed by atoms with E-state index < -0.39 is 6.04 Å². The van der Waals surface area contributed by atoms with Crippen LogP contribution in [-0.4, -0.2) is 28.7 Å². The summed E-state index contributed by atoms with van der Waals surface area (Å²) in [6.45, 7) is 5.99. The SMILES string of the molecule is Cc1ccc([C@@H](C(=O)NC2CCCCC2)N(C(=O)CCCC(=O)Nc2ccccn2)c2cccc(C)c2C)cc1. The molecule has 0 unspecified atom stereocenters. The number of aromatic nitrogens is 1. The number of rotatable bonds is 10. The van der Waals surface area contributed by atoms with Gasteiger partial charge in [-0.05, 0) is 74.9 Å². The lowest BCUT2D eigenvalue weighted by atomic mass is 9.94. The minimum absolute atomic E-state index is 0.111. The van der Waals surface area contributed by atoms with Gasteiger partial charge in [-0.15, -0.1) is 0 Å². The molecule has 7 heteroatoms. The third-order valence-corrected chi connectivity index (χ3v) is 7.68. The average molecular weight is 541 g/mol. The van der Waals surface area contributed by atoms with E-state index in [9.17, 15) is 14.4 Å². The van der Waals surface area contributed by atoms with Crippen LogP contribution in [0.3, 0.4) is 0 Å². The highest BCUT2D eigenvalue weighted by molar-refractivity contribution is 6.02. The van der Waals surface area contributed by atoms with E-state index in [-0.39, 0.29) is 36.6 Å². The molecule has 7 nitrogen and oxygen atoms in total. The van der Waals surface area contributed by atoms with E-state index >= 15 is 0 Å². The zero-order valence-corrected chi connectivity index (χ0v) is 23.8. The van der Waals surface area contributed by atoms with Gasteiger partial charge in [-0.1, -0.05) is 67.3 Å². The Morgan fingerprint density at radius 3 is 2.35 bits per heavy atom. The van der Waals surface area contributed by atoms with Gasteiger partial charge in [-0.2, -0.15) is 0 Å². The van der Waals surface area contributed by atoms with Crippen molar-refractivity contribution < 1.29 is 14.4 Å². The van der Waals surface area contributed by atoms with E-state index in [1.54, 1.807) is 29.3 Å². The van der Waals surface area contributed by atoms with Gasteiger partial charge in [0.05, 0.1) is 0 Å². The molecular formula is C33H40N4O3. The lowest BCUT2D eigenvalue weighted by molar-refractivity contribution is -0.127. The topological polar surface area (TPSA) is 91.4 Å². The largest absolute Gasteiger partial charge is 0.351 e. The van der Waals surface area contributed by atoms with Crippen LogP contribution in [0.25, 0.3) is 0 Å². The molecule has 1 saturated carbocycles. The third kappa shape index (κ3) is 7.56. The highest BCUT2D eigenvalue weighted by Gasteiger charge is 2.34. The summed E-state index contributed by atoms with van der Waals surface area (Å²) in [7, 11) is 0. The van der Waals surface area contributed by atoms with Crippen molar-refractivity contribution in [1.29, 1.82) is 0 Å². The molecule has 40 heavy (non-hydrogen) atoms. The highest BCUT2D eigenvalue weighted by atomic mass is 16.2. The predicted octanol–water partition coefficient (Wildman–Crippen LogP) is 6.34. The van der Waals surface area contributed by atoms with Crippen LogP contribution in [0.5, 0.6) is 0 Å². The number of hydrogen-bond acceptors (Lipinski definition) is 4. The fraction of sp³-hybridized carbons (Fsp3) is 0.394. The van der Waals surface area contributed by atoms with E-state index in [1.807, 2.05) is 63.2 Å². The second-order valence-electron chi connectivity index (χ2n) is 10.8. The summed E-state index contributed by atoms with van der Waals surface area (Å²) < 4.78 is 0. The Hall–Kier alpha value is -4.00. The summed E-state index contributed by atoms with van der Waals surface area (Å²) in [6, 6.07) is 18.3. The highest BCUT2D eigenvalue weighted by Crippen LogP contribution is 2.33. The van der Waals surface area contributed by atoms with Crippen molar-refractivity contribution >= 4 is 29.2 Å². The number of benzene rings is 2. The summed E-state index contributed by atoms with van der Waals surface area (Å²) in [4.78, 5) is 46.3. The van der Waals surface area contributed by atoms with E-state index in [4.69, 9.17) is 0 Å². The third-order valence-electron chi connectivity index (χ3n) is 7.68. The molecule has 1 aromatic heterocycles. The smallest absolute Gasteiger partial charge is 0.248 e. The number of carbonyl (C=O) groups is 3. The second-order valence-corrected chi connectivity index (χ2v) is 10.8. The molecule has 0 saturated heterocycles. The van der Waals surface area contributed by atoms with Gasteiger partial charge in [-0.3, -0.25) is 19.3 Å². The first kappa shape index (κ1) is 29.0. The fourth-order valence-corrected chi connectivity index (χ4v) is 5.27. The molecule has 1 heterocycles. The molecule has 0 aliphatic heterocycles. The molecule has 0 bridgehead atoms. The summed E-state index contributed by atoms with van der Waals surface area (Å²) in [5, 5.41) is 6.04. The number of nitrogens with zero attached hydrogens (tertiary/aromatic N) is 2. The normalized spacial score (nSPS) is 14.3.